The second kappa shape index (κ2) is 5.41. The van der Waals surface area contributed by atoms with Crippen molar-refractivity contribution in [3.8, 4) is 23.1 Å². The van der Waals surface area contributed by atoms with Gasteiger partial charge in [0.15, 0.2) is 0 Å². The molecule has 0 aliphatic carbocycles. The van der Waals surface area contributed by atoms with Gasteiger partial charge in [-0.15, -0.1) is 0 Å². The summed E-state index contributed by atoms with van der Waals surface area (Å²) in [6.45, 7) is 1.96. The number of halogens is 1. The van der Waals surface area contributed by atoms with Gasteiger partial charge >= 0.3 is 0 Å². The van der Waals surface area contributed by atoms with Crippen molar-refractivity contribution in [1.29, 1.82) is 0 Å². The first-order chi connectivity index (χ1) is 3.41. The van der Waals surface area contributed by atoms with Crippen LogP contribution in [0.4, 0.5) is 0 Å². The summed E-state index contributed by atoms with van der Waals surface area (Å²) >= 11 is 4.97. The van der Waals surface area contributed by atoms with Crippen molar-refractivity contribution < 1.29 is 0 Å². The molecule has 0 saturated carbocycles. The minimum atomic E-state index is 0.839. The van der Waals surface area contributed by atoms with Gasteiger partial charge in [-0.2, -0.15) is 0 Å². The Kier molecular flexibility index (Phi) is 4.95. The summed E-state index contributed by atoms with van der Waals surface area (Å²) in [5.74, 6) is 7.69. The Balaban J connectivity index is 3.39. The summed E-state index contributed by atoms with van der Waals surface area (Å²) in [5.41, 5.74) is 0. The Hall–Kier alpha value is -0.590. The molecule has 0 aliphatic rings. The zero-order valence-corrected chi connectivity index (χ0v) is 4.84. The van der Waals surface area contributed by atoms with Gasteiger partial charge in [-0.3, -0.25) is 0 Å². The van der Waals surface area contributed by atoms with Gasteiger partial charge in [0.05, 0.1) is 0 Å². The molecule has 0 heterocycles. The van der Waals surface area contributed by atoms with Crippen LogP contribution in [0, 0.1) is 23.1 Å². The van der Waals surface area contributed by atoms with Crippen molar-refractivity contribution >= 4 is 11.6 Å². The Morgan fingerprint density at radius 2 is 2.14 bits per heavy atom. The molecule has 36 valence electrons. The van der Waals surface area contributed by atoms with Gasteiger partial charge in [-0.1, -0.05) is 12.8 Å². The van der Waals surface area contributed by atoms with Gasteiger partial charge in [-0.25, -0.2) is 0 Å². The largest absolute Gasteiger partial charge is 0.0893 e. The Morgan fingerprint density at radius 3 is 2.57 bits per heavy atom. The van der Waals surface area contributed by atoms with E-state index in [2.05, 4.69) is 23.1 Å². The second-order valence-corrected chi connectivity index (χ2v) is 1.06. The van der Waals surface area contributed by atoms with E-state index in [1.807, 2.05) is 6.92 Å². The fourth-order valence-electron chi connectivity index (χ4n) is 0.156. The van der Waals surface area contributed by atoms with Crippen LogP contribution in [0.25, 0.3) is 0 Å². The predicted molar refractivity (Wildman–Crippen MR) is 31.7 cm³/mol. The standard InChI is InChI=1S/C6H5Cl/c1-2-3-4-5-6-7/h2H2,1H3. The molecule has 0 unspecified atom stereocenters. The SMILES string of the molecule is CCC#CC#CCl. The molecule has 7 heavy (non-hydrogen) atoms. The molecule has 0 rings (SSSR count). The molecular formula is C6H5Cl. The first-order valence-electron chi connectivity index (χ1n) is 2.00. The molecular weight excluding hydrogens is 108 g/mol. The Bertz CT molecular complexity index is 137. The smallest absolute Gasteiger partial charge is 0.0184 e. The van der Waals surface area contributed by atoms with Crippen LogP contribution in [0.15, 0.2) is 0 Å². The molecule has 0 amide bonds. The summed E-state index contributed by atoms with van der Waals surface area (Å²) in [7, 11) is 0. The molecule has 0 fully saturated rings. The topological polar surface area (TPSA) is 0 Å². The third kappa shape index (κ3) is 5.41. The Morgan fingerprint density at radius 1 is 1.43 bits per heavy atom. The lowest BCUT2D eigenvalue weighted by atomic mass is 10.5. The molecule has 1 heteroatoms. The summed E-state index contributed by atoms with van der Waals surface area (Å²) in [5, 5.41) is 2.15. The highest BCUT2D eigenvalue weighted by atomic mass is 35.5. The van der Waals surface area contributed by atoms with E-state index in [-0.39, 0.29) is 0 Å². The highest BCUT2D eigenvalue weighted by molar-refractivity contribution is 6.30. The van der Waals surface area contributed by atoms with Gasteiger partial charge < -0.3 is 0 Å². The van der Waals surface area contributed by atoms with Crippen LogP contribution in [0.5, 0.6) is 0 Å². The minimum absolute atomic E-state index is 0.839. The zero-order chi connectivity index (χ0) is 5.54. The lowest BCUT2D eigenvalue weighted by Gasteiger charge is -1.59. The van der Waals surface area contributed by atoms with E-state index in [4.69, 9.17) is 11.6 Å². The fraction of sp³-hybridized carbons (Fsp3) is 0.333. The summed E-state index contributed by atoms with van der Waals surface area (Å²) in [6.07, 6.45) is 0.839. The van der Waals surface area contributed by atoms with Gasteiger partial charge in [0.1, 0.15) is 0 Å². The molecule has 0 aromatic rings. The van der Waals surface area contributed by atoms with E-state index in [0.717, 1.165) is 6.42 Å². The lowest BCUT2D eigenvalue weighted by Crippen LogP contribution is -1.49. The van der Waals surface area contributed by atoms with Gasteiger partial charge in [0, 0.05) is 17.7 Å². The lowest BCUT2D eigenvalue weighted by molar-refractivity contribution is 1.28. The van der Waals surface area contributed by atoms with Gasteiger partial charge in [-0.05, 0) is 17.5 Å². The van der Waals surface area contributed by atoms with E-state index in [9.17, 15) is 0 Å². The van der Waals surface area contributed by atoms with Gasteiger partial charge in [0.25, 0.3) is 0 Å². The molecule has 0 aliphatic heterocycles. The highest BCUT2D eigenvalue weighted by Gasteiger charge is 1.53. The molecule has 0 bridgehead atoms. The van der Waals surface area contributed by atoms with Crippen LogP contribution in [-0.2, 0) is 0 Å². The molecule has 0 radical (unpaired) electrons. The second-order valence-electron chi connectivity index (χ2n) is 0.875. The van der Waals surface area contributed by atoms with E-state index in [0.29, 0.717) is 0 Å². The molecule has 0 nitrogen and oxygen atoms in total. The summed E-state index contributed by atoms with van der Waals surface area (Å²) in [4.78, 5) is 0. The molecule has 0 saturated heterocycles. The van der Waals surface area contributed by atoms with Crippen LogP contribution in [-0.4, -0.2) is 0 Å². The third-order valence-corrected chi connectivity index (χ3v) is 0.469. The van der Waals surface area contributed by atoms with E-state index in [1.165, 1.54) is 0 Å². The van der Waals surface area contributed by atoms with Crippen molar-refractivity contribution in [3.05, 3.63) is 0 Å². The third-order valence-electron chi connectivity index (χ3n) is 0.375. The van der Waals surface area contributed by atoms with Crippen LogP contribution in [0.1, 0.15) is 13.3 Å². The van der Waals surface area contributed by atoms with Gasteiger partial charge in [0.2, 0.25) is 0 Å². The van der Waals surface area contributed by atoms with Crippen molar-refractivity contribution in [2.45, 2.75) is 13.3 Å². The first-order valence-corrected chi connectivity index (χ1v) is 2.38. The van der Waals surface area contributed by atoms with Crippen molar-refractivity contribution in [2.24, 2.45) is 0 Å². The number of hydrogen-bond acceptors (Lipinski definition) is 0. The maximum absolute atomic E-state index is 4.97. The quantitative estimate of drug-likeness (QED) is 0.418. The molecule has 0 N–H and O–H groups in total. The average Bonchev–Trinajstić information content (AvgIpc) is 1.69. The predicted octanol–water partition coefficient (Wildman–Crippen LogP) is 1.60. The first kappa shape index (κ1) is 6.41. The fourth-order valence-corrected chi connectivity index (χ4v) is 0.203. The summed E-state index contributed by atoms with van der Waals surface area (Å²) in [6, 6.07) is 0. The van der Waals surface area contributed by atoms with Crippen molar-refractivity contribution in [1.82, 2.24) is 0 Å². The van der Waals surface area contributed by atoms with Crippen LogP contribution in [0.2, 0.25) is 0 Å². The van der Waals surface area contributed by atoms with E-state index < -0.39 is 0 Å². The number of hydrogen-bond donors (Lipinski definition) is 0. The van der Waals surface area contributed by atoms with Crippen LogP contribution in [0.3, 0.4) is 0 Å². The average molecular weight is 113 g/mol. The molecule has 0 aromatic carbocycles. The molecule has 0 atom stereocenters. The maximum Gasteiger partial charge on any atom is 0.0184 e. The summed E-state index contributed by atoms with van der Waals surface area (Å²) < 4.78 is 0. The number of rotatable bonds is 0. The Labute approximate surface area is 48.9 Å². The highest BCUT2D eigenvalue weighted by Crippen LogP contribution is 1.65. The monoisotopic (exact) mass is 112 g/mol. The molecule has 0 aromatic heterocycles. The van der Waals surface area contributed by atoms with Crippen molar-refractivity contribution in [2.75, 3.05) is 0 Å². The zero-order valence-electron chi connectivity index (χ0n) is 4.09. The van der Waals surface area contributed by atoms with Crippen LogP contribution < -0.4 is 0 Å². The minimum Gasteiger partial charge on any atom is -0.0893 e. The van der Waals surface area contributed by atoms with Crippen LogP contribution >= 0.6 is 11.6 Å². The maximum atomic E-state index is 4.97. The van der Waals surface area contributed by atoms with Crippen molar-refractivity contribution in [3.63, 3.8) is 0 Å². The van der Waals surface area contributed by atoms with E-state index in [1.54, 1.807) is 0 Å². The normalized spacial score (nSPS) is 4.86. The van der Waals surface area contributed by atoms with E-state index >= 15 is 0 Å². The molecule has 0 spiro atoms.